The molecular weight excluding hydrogens is 398 g/mol. The van der Waals surface area contributed by atoms with Crippen LogP contribution in [0.2, 0.25) is 0 Å². The lowest BCUT2D eigenvalue weighted by atomic mass is 10.0. The monoisotopic (exact) mass is 425 g/mol. The molecule has 0 aromatic heterocycles. The standard InChI is InChI=1S/C27H27N3O2/c1-29(2)19-27(32)30-24-11-7-6-10-21(24)13-14-22-15-16-23(18-25(22)30)28-26(31)17-12-20-8-4-3-5-9-20/h3-12,15-18H,13-14,19H2,1-2H3,(H,28,31)/b17-12-. The van der Waals surface area contributed by atoms with Gasteiger partial charge in [0.2, 0.25) is 11.8 Å². The van der Waals surface area contributed by atoms with E-state index in [9.17, 15) is 9.59 Å². The van der Waals surface area contributed by atoms with Crippen LogP contribution in [0.1, 0.15) is 16.7 Å². The van der Waals surface area contributed by atoms with Gasteiger partial charge in [-0.15, -0.1) is 0 Å². The minimum atomic E-state index is -0.214. The maximum absolute atomic E-state index is 13.3. The van der Waals surface area contributed by atoms with E-state index in [1.807, 2.05) is 85.7 Å². The molecule has 1 N–H and O–H groups in total. The van der Waals surface area contributed by atoms with Gasteiger partial charge in [0.25, 0.3) is 0 Å². The molecule has 3 aromatic rings. The van der Waals surface area contributed by atoms with E-state index < -0.39 is 0 Å². The van der Waals surface area contributed by atoms with E-state index in [1.165, 1.54) is 6.08 Å². The summed E-state index contributed by atoms with van der Waals surface area (Å²) in [6.45, 7) is 0.296. The second-order valence-electron chi connectivity index (χ2n) is 8.17. The number of hydrogen-bond acceptors (Lipinski definition) is 3. The molecule has 32 heavy (non-hydrogen) atoms. The highest BCUT2D eigenvalue weighted by Crippen LogP contribution is 2.37. The minimum absolute atomic E-state index is 0.00181. The summed E-state index contributed by atoms with van der Waals surface area (Å²) in [6.07, 6.45) is 4.99. The van der Waals surface area contributed by atoms with Gasteiger partial charge in [-0.1, -0.05) is 54.6 Å². The SMILES string of the molecule is CN(C)CC(=O)N1c2ccccc2CCc2ccc(NC(=O)/C=C\c3ccccc3)cc21. The quantitative estimate of drug-likeness (QED) is 0.605. The summed E-state index contributed by atoms with van der Waals surface area (Å²) in [6, 6.07) is 23.5. The number of hydrogen-bond donors (Lipinski definition) is 1. The van der Waals surface area contributed by atoms with Crippen LogP contribution in [0, 0.1) is 0 Å². The summed E-state index contributed by atoms with van der Waals surface area (Å²) in [4.78, 5) is 29.4. The number of nitrogens with zero attached hydrogens (tertiary/aromatic N) is 2. The summed E-state index contributed by atoms with van der Waals surface area (Å²) in [5, 5.41) is 2.93. The molecule has 0 saturated carbocycles. The highest BCUT2D eigenvalue weighted by molar-refractivity contribution is 6.05. The molecule has 0 radical (unpaired) electrons. The third kappa shape index (κ3) is 4.95. The van der Waals surface area contributed by atoms with Crippen molar-refractivity contribution in [2.24, 2.45) is 0 Å². The zero-order chi connectivity index (χ0) is 22.5. The molecule has 0 fully saturated rings. The molecule has 0 unspecified atom stereocenters. The Hall–Kier alpha value is -3.70. The molecule has 0 spiro atoms. The van der Waals surface area contributed by atoms with Crippen LogP contribution in [0.3, 0.4) is 0 Å². The molecule has 0 atom stereocenters. The lowest BCUT2D eigenvalue weighted by molar-refractivity contribution is -0.118. The second-order valence-corrected chi connectivity index (χ2v) is 8.17. The fourth-order valence-electron chi connectivity index (χ4n) is 3.93. The van der Waals surface area contributed by atoms with Gasteiger partial charge >= 0.3 is 0 Å². The lowest BCUT2D eigenvalue weighted by Gasteiger charge is -2.27. The first-order valence-corrected chi connectivity index (χ1v) is 10.7. The largest absolute Gasteiger partial charge is 0.322 e. The Kier molecular flexibility index (Phi) is 6.47. The van der Waals surface area contributed by atoms with Crippen LogP contribution in [0.4, 0.5) is 17.1 Å². The fourth-order valence-corrected chi connectivity index (χ4v) is 3.93. The van der Waals surface area contributed by atoms with Crippen molar-refractivity contribution >= 4 is 35.0 Å². The first kappa shape index (κ1) is 21.5. The van der Waals surface area contributed by atoms with Gasteiger partial charge in [0.1, 0.15) is 0 Å². The molecule has 1 heterocycles. The van der Waals surface area contributed by atoms with Crippen LogP contribution >= 0.6 is 0 Å². The molecular formula is C27H27N3O2. The van der Waals surface area contributed by atoms with Gasteiger partial charge in [-0.25, -0.2) is 0 Å². The average molecular weight is 426 g/mol. The first-order valence-electron chi connectivity index (χ1n) is 10.7. The number of aryl methyl sites for hydroxylation is 2. The first-order chi connectivity index (χ1) is 15.5. The van der Waals surface area contributed by atoms with Crippen molar-refractivity contribution in [2.75, 3.05) is 30.9 Å². The van der Waals surface area contributed by atoms with Crippen molar-refractivity contribution in [3.05, 3.63) is 95.6 Å². The van der Waals surface area contributed by atoms with Crippen molar-refractivity contribution in [3.8, 4) is 0 Å². The Morgan fingerprint density at radius 3 is 2.34 bits per heavy atom. The number of para-hydroxylation sites is 1. The predicted octanol–water partition coefficient (Wildman–Crippen LogP) is 4.66. The summed E-state index contributed by atoms with van der Waals surface area (Å²) >= 11 is 0. The Morgan fingerprint density at radius 1 is 0.906 bits per heavy atom. The fraction of sp³-hybridized carbons (Fsp3) is 0.185. The smallest absolute Gasteiger partial charge is 0.248 e. The van der Waals surface area contributed by atoms with E-state index >= 15 is 0 Å². The van der Waals surface area contributed by atoms with Gasteiger partial charge in [0.05, 0.1) is 17.9 Å². The molecule has 5 nitrogen and oxygen atoms in total. The zero-order valence-corrected chi connectivity index (χ0v) is 18.4. The lowest BCUT2D eigenvalue weighted by Crippen LogP contribution is -2.35. The molecule has 0 saturated heterocycles. The van der Waals surface area contributed by atoms with E-state index in [0.717, 1.165) is 40.9 Å². The number of anilines is 3. The molecule has 4 rings (SSSR count). The number of fused-ring (bicyclic) bond motifs is 2. The van der Waals surface area contributed by atoms with Crippen LogP contribution in [0.15, 0.2) is 78.9 Å². The van der Waals surface area contributed by atoms with Crippen LogP contribution in [0.25, 0.3) is 6.08 Å². The van der Waals surface area contributed by atoms with E-state index in [0.29, 0.717) is 12.2 Å². The number of nitrogens with one attached hydrogen (secondary N) is 1. The third-order valence-corrected chi connectivity index (χ3v) is 5.42. The Bertz CT molecular complexity index is 1150. The summed E-state index contributed by atoms with van der Waals surface area (Å²) in [5.74, 6) is -0.216. The van der Waals surface area contributed by atoms with E-state index in [1.54, 1.807) is 11.0 Å². The highest BCUT2D eigenvalue weighted by atomic mass is 16.2. The van der Waals surface area contributed by atoms with Crippen molar-refractivity contribution in [1.29, 1.82) is 0 Å². The maximum Gasteiger partial charge on any atom is 0.248 e. The Balaban J connectivity index is 1.64. The third-order valence-electron chi connectivity index (χ3n) is 5.42. The molecule has 162 valence electrons. The van der Waals surface area contributed by atoms with Crippen molar-refractivity contribution < 1.29 is 9.59 Å². The van der Waals surface area contributed by atoms with E-state index in [-0.39, 0.29) is 11.8 Å². The van der Waals surface area contributed by atoms with Gasteiger partial charge in [-0.05, 0) is 67.9 Å². The summed E-state index contributed by atoms with van der Waals surface area (Å²) in [7, 11) is 3.77. The molecule has 2 amide bonds. The van der Waals surface area contributed by atoms with E-state index in [2.05, 4.69) is 11.4 Å². The van der Waals surface area contributed by atoms with Gasteiger partial charge in [-0.2, -0.15) is 0 Å². The van der Waals surface area contributed by atoms with Crippen LogP contribution < -0.4 is 10.2 Å². The minimum Gasteiger partial charge on any atom is -0.322 e. The number of carbonyl (C=O) groups excluding carboxylic acids is 2. The van der Waals surface area contributed by atoms with Crippen molar-refractivity contribution in [2.45, 2.75) is 12.8 Å². The molecule has 1 aliphatic heterocycles. The summed E-state index contributed by atoms with van der Waals surface area (Å²) in [5.41, 5.74) is 5.59. The molecule has 1 aliphatic rings. The van der Waals surface area contributed by atoms with E-state index in [4.69, 9.17) is 0 Å². The van der Waals surface area contributed by atoms with Crippen molar-refractivity contribution in [1.82, 2.24) is 4.90 Å². The number of rotatable bonds is 5. The van der Waals surface area contributed by atoms with Crippen LogP contribution in [0.5, 0.6) is 0 Å². The second kappa shape index (κ2) is 9.62. The van der Waals surface area contributed by atoms with Crippen LogP contribution in [-0.4, -0.2) is 37.4 Å². The zero-order valence-electron chi connectivity index (χ0n) is 18.4. The van der Waals surface area contributed by atoms with Gasteiger partial charge in [0, 0.05) is 11.8 Å². The van der Waals surface area contributed by atoms with Gasteiger partial charge in [0.15, 0.2) is 0 Å². The normalized spacial score (nSPS) is 12.9. The Morgan fingerprint density at radius 2 is 1.59 bits per heavy atom. The van der Waals surface area contributed by atoms with Crippen molar-refractivity contribution in [3.63, 3.8) is 0 Å². The molecule has 0 bridgehead atoms. The number of amides is 2. The van der Waals surface area contributed by atoms with Gasteiger partial charge in [-0.3, -0.25) is 14.5 Å². The predicted molar refractivity (Wildman–Crippen MR) is 130 cm³/mol. The number of benzene rings is 3. The molecule has 3 aromatic carbocycles. The number of likely N-dealkylation sites (N-methyl/N-ethyl adjacent to an activating group) is 1. The van der Waals surface area contributed by atoms with Crippen LogP contribution in [-0.2, 0) is 22.4 Å². The van der Waals surface area contributed by atoms with Gasteiger partial charge < -0.3 is 10.2 Å². The summed E-state index contributed by atoms with van der Waals surface area (Å²) < 4.78 is 0. The highest BCUT2D eigenvalue weighted by Gasteiger charge is 2.26. The average Bonchev–Trinajstić information content (AvgIpc) is 2.94. The maximum atomic E-state index is 13.3. The Labute approximate surface area is 189 Å². The molecule has 5 heteroatoms. The number of carbonyl (C=O) groups is 2. The topological polar surface area (TPSA) is 52.7 Å². The molecule has 0 aliphatic carbocycles.